The van der Waals surface area contributed by atoms with E-state index in [1.165, 1.54) is 0 Å². The Morgan fingerprint density at radius 3 is 2.60 bits per heavy atom. The first-order valence-electron chi connectivity index (χ1n) is 6.55. The van der Waals surface area contributed by atoms with Crippen molar-refractivity contribution in [1.29, 1.82) is 0 Å². The zero-order valence-electron chi connectivity index (χ0n) is 12.7. The molecule has 0 bridgehead atoms. The summed E-state index contributed by atoms with van der Waals surface area (Å²) >= 11 is 0. The third kappa shape index (κ3) is 5.09. The van der Waals surface area contributed by atoms with Gasteiger partial charge in [0.05, 0.1) is 13.7 Å². The Kier molecular flexibility index (Phi) is 5.39. The molecular formula is C15H23NO4. The van der Waals surface area contributed by atoms with Crippen molar-refractivity contribution in [2.24, 2.45) is 0 Å². The van der Waals surface area contributed by atoms with E-state index in [-0.39, 0.29) is 24.3 Å². The van der Waals surface area contributed by atoms with Crippen molar-refractivity contribution in [3.8, 4) is 11.5 Å². The molecule has 2 N–H and O–H groups in total. The van der Waals surface area contributed by atoms with Gasteiger partial charge in [-0.05, 0) is 45.9 Å². The average molecular weight is 281 g/mol. The zero-order chi connectivity index (χ0) is 15.3. The normalized spacial score (nSPS) is 12.8. The highest BCUT2D eigenvalue weighted by atomic mass is 16.6. The number of carbonyl (C=O) groups excluding carboxylic acids is 1. The lowest BCUT2D eigenvalue weighted by Crippen LogP contribution is -2.32. The molecule has 5 nitrogen and oxygen atoms in total. The predicted octanol–water partition coefficient (Wildman–Crippen LogP) is 2.39. The van der Waals surface area contributed by atoms with E-state index in [1.807, 2.05) is 27.7 Å². The fraction of sp³-hybridized carbons (Fsp3) is 0.533. The highest BCUT2D eigenvalue weighted by molar-refractivity contribution is 5.72. The fourth-order valence-corrected chi connectivity index (χ4v) is 1.73. The number of aromatic hydroxyl groups is 1. The minimum absolute atomic E-state index is 0.0785. The lowest BCUT2D eigenvalue weighted by Gasteiger charge is -2.21. The second-order valence-electron chi connectivity index (χ2n) is 5.61. The third-order valence-electron chi connectivity index (χ3n) is 2.67. The van der Waals surface area contributed by atoms with E-state index < -0.39 is 5.60 Å². The van der Waals surface area contributed by atoms with E-state index >= 15 is 0 Å². The first-order chi connectivity index (χ1) is 9.23. The molecule has 1 atom stereocenters. The van der Waals surface area contributed by atoms with Gasteiger partial charge >= 0.3 is 5.97 Å². The third-order valence-corrected chi connectivity index (χ3v) is 2.67. The number of esters is 1. The van der Waals surface area contributed by atoms with Crippen LogP contribution in [0.1, 0.15) is 39.3 Å². The molecule has 0 spiro atoms. The van der Waals surface area contributed by atoms with Crippen LogP contribution >= 0.6 is 0 Å². The molecule has 1 aromatic rings. The van der Waals surface area contributed by atoms with Gasteiger partial charge in [-0.3, -0.25) is 4.79 Å². The summed E-state index contributed by atoms with van der Waals surface area (Å²) in [6.45, 7) is 7.40. The largest absolute Gasteiger partial charge is 0.508 e. The first-order valence-corrected chi connectivity index (χ1v) is 6.55. The number of methoxy groups -OCH3 is 1. The number of hydrogen-bond donors (Lipinski definition) is 2. The van der Waals surface area contributed by atoms with Gasteiger partial charge in [-0.15, -0.1) is 0 Å². The lowest BCUT2D eigenvalue weighted by molar-refractivity contribution is -0.153. The van der Waals surface area contributed by atoms with Gasteiger partial charge in [0.25, 0.3) is 0 Å². The highest BCUT2D eigenvalue weighted by Crippen LogP contribution is 2.28. The monoisotopic (exact) mass is 281 g/mol. The topological polar surface area (TPSA) is 67.8 Å². The molecule has 0 aliphatic heterocycles. The molecule has 0 radical (unpaired) electrons. The maximum atomic E-state index is 11.6. The summed E-state index contributed by atoms with van der Waals surface area (Å²) in [6.07, 6.45) is 0. The van der Waals surface area contributed by atoms with Crippen LogP contribution in [0.2, 0.25) is 0 Å². The smallest absolute Gasteiger partial charge is 0.320 e. The first kappa shape index (κ1) is 16.3. The molecule has 1 rings (SSSR count). The molecule has 0 aliphatic rings. The number of phenolic OH excluding ortho intramolecular Hbond substituents is 1. The molecule has 5 heteroatoms. The zero-order valence-corrected chi connectivity index (χ0v) is 12.7. The van der Waals surface area contributed by atoms with Crippen LogP contribution < -0.4 is 10.1 Å². The Balaban J connectivity index is 2.63. The minimum atomic E-state index is -0.500. The van der Waals surface area contributed by atoms with Crippen LogP contribution in [0, 0.1) is 0 Å². The molecule has 0 heterocycles. The summed E-state index contributed by atoms with van der Waals surface area (Å²) in [7, 11) is 1.56. The number of phenols is 1. The van der Waals surface area contributed by atoms with Crippen molar-refractivity contribution < 1.29 is 19.4 Å². The van der Waals surface area contributed by atoms with E-state index in [4.69, 9.17) is 9.47 Å². The van der Waals surface area contributed by atoms with E-state index in [9.17, 15) is 9.90 Å². The van der Waals surface area contributed by atoms with Gasteiger partial charge in [-0.2, -0.15) is 0 Å². The van der Waals surface area contributed by atoms with Crippen LogP contribution in [-0.2, 0) is 9.53 Å². The van der Waals surface area contributed by atoms with Crippen LogP contribution in [0.15, 0.2) is 18.2 Å². The van der Waals surface area contributed by atoms with Crippen molar-refractivity contribution in [3.63, 3.8) is 0 Å². The molecule has 112 valence electrons. The van der Waals surface area contributed by atoms with Gasteiger partial charge < -0.3 is 19.9 Å². The Bertz CT molecular complexity index is 465. The van der Waals surface area contributed by atoms with Gasteiger partial charge in [-0.1, -0.05) is 0 Å². The average Bonchev–Trinajstić information content (AvgIpc) is 2.34. The van der Waals surface area contributed by atoms with Crippen molar-refractivity contribution >= 4 is 5.97 Å². The van der Waals surface area contributed by atoms with Crippen molar-refractivity contribution in [2.75, 3.05) is 13.7 Å². The standard InChI is InChI=1S/C15H23NO4/c1-10(16-9-14(18)20-15(2,3)4)12-8-11(19-5)6-7-13(12)17/h6-8,10,16-17H,9H2,1-5H3. The molecule has 0 fully saturated rings. The molecule has 1 aromatic carbocycles. The molecule has 0 amide bonds. The Labute approximate surface area is 119 Å². The SMILES string of the molecule is COc1ccc(O)c(C(C)NCC(=O)OC(C)(C)C)c1. The van der Waals surface area contributed by atoms with Crippen LogP contribution in [-0.4, -0.2) is 30.3 Å². The van der Waals surface area contributed by atoms with Gasteiger partial charge in [-0.25, -0.2) is 0 Å². The number of hydrogen-bond acceptors (Lipinski definition) is 5. The molecule has 20 heavy (non-hydrogen) atoms. The van der Waals surface area contributed by atoms with Crippen LogP contribution in [0.5, 0.6) is 11.5 Å². The summed E-state index contributed by atoms with van der Waals surface area (Å²) < 4.78 is 10.3. The summed E-state index contributed by atoms with van der Waals surface area (Å²) in [4.78, 5) is 11.6. The highest BCUT2D eigenvalue weighted by Gasteiger charge is 2.18. The van der Waals surface area contributed by atoms with Gasteiger partial charge in [0, 0.05) is 11.6 Å². The Morgan fingerprint density at radius 2 is 2.05 bits per heavy atom. The van der Waals surface area contributed by atoms with Crippen molar-refractivity contribution in [2.45, 2.75) is 39.3 Å². The Hall–Kier alpha value is -1.75. The number of carbonyl (C=O) groups is 1. The maximum Gasteiger partial charge on any atom is 0.320 e. The van der Waals surface area contributed by atoms with Crippen molar-refractivity contribution in [1.82, 2.24) is 5.32 Å². The van der Waals surface area contributed by atoms with Crippen molar-refractivity contribution in [3.05, 3.63) is 23.8 Å². The molecule has 0 aliphatic carbocycles. The second-order valence-corrected chi connectivity index (χ2v) is 5.61. The molecule has 0 aromatic heterocycles. The van der Waals surface area contributed by atoms with Gasteiger partial charge in [0.2, 0.25) is 0 Å². The van der Waals surface area contributed by atoms with E-state index in [0.29, 0.717) is 11.3 Å². The summed E-state index contributed by atoms with van der Waals surface area (Å²) in [5.74, 6) is 0.491. The summed E-state index contributed by atoms with van der Waals surface area (Å²) in [6, 6.07) is 4.79. The summed E-state index contributed by atoms with van der Waals surface area (Å²) in [5.41, 5.74) is 0.174. The predicted molar refractivity (Wildman–Crippen MR) is 76.9 cm³/mol. The van der Waals surface area contributed by atoms with E-state index in [0.717, 1.165) is 0 Å². The number of nitrogens with one attached hydrogen (secondary N) is 1. The summed E-state index contributed by atoms with van der Waals surface area (Å²) in [5, 5.41) is 12.9. The van der Waals surface area contributed by atoms with Gasteiger partial charge in [0.15, 0.2) is 0 Å². The molecule has 0 saturated heterocycles. The van der Waals surface area contributed by atoms with Crippen LogP contribution in [0.25, 0.3) is 0 Å². The fourth-order valence-electron chi connectivity index (χ4n) is 1.73. The molecule has 0 saturated carbocycles. The van der Waals surface area contributed by atoms with Crippen LogP contribution in [0.4, 0.5) is 0 Å². The van der Waals surface area contributed by atoms with Crippen LogP contribution in [0.3, 0.4) is 0 Å². The quantitative estimate of drug-likeness (QED) is 0.811. The maximum absolute atomic E-state index is 11.6. The lowest BCUT2D eigenvalue weighted by atomic mass is 10.1. The molecule has 1 unspecified atom stereocenters. The number of ether oxygens (including phenoxy) is 2. The number of benzene rings is 1. The van der Waals surface area contributed by atoms with E-state index in [2.05, 4.69) is 5.32 Å². The Morgan fingerprint density at radius 1 is 1.40 bits per heavy atom. The van der Waals surface area contributed by atoms with Gasteiger partial charge in [0.1, 0.15) is 17.1 Å². The molecular weight excluding hydrogens is 258 g/mol. The number of rotatable bonds is 5. The minimum Gasteiger partial charge on any atom is -0.508 e. The van der Waals surface area contributed by atoms with E-state index in [1.54, 1.807) is 25.3 Å². The second kappa shape index (κ2) is 6.61.